The van der Waals surface area contributed by atoms with E-state index in [0.717, 1.165) is 24.8 Å². The molecular weight excluding hydrogens is 312 g/mol. The van der Waals surface area contributed by atoms with Crippen LogP contribution in [0.25, 0.3) is 0 Å². The molecule has 2 N–H and O–H groups in total. The van der Waals surface area contributed by atoms with Crippen molar-refractivity contribution in [2.24, 2.45) is 11.8 Å². The fraction of sp³-hybridized carbons (Fsp3) is 0.667. The Kier molecular flexibility index (Phi) is 6.74. The lowest BCUT2D eigenvalue weighted by atomic mass is 9.85. The molecule has 1 aliphatic carbocycles. The number of benzene rings is 1. The molecule has 25 heavy (non-hydrogen) atoms. The first-order chi connectivity index (χ1) is 12.2. The summed E-state index contributed by atoms with van der Waals surface area (Å²) >= 11 is 0. The molecule has 1 saturated carbocycles. The zero-order valence-electron chi connectivity index (χ0n) is 15.4. The summed E-state index contributed by atoms with van der Waals surface area (Å²) in [6.07, 6.45) is 8.90. The second kappa shape index (κ2) is 9.23. The second-order valence-electron chi connectivity index (χ2n) is 7.81. The normalized spacial score (nSPS) is 22.6. The highest BCUT2D eigenvalue weighted by Gasteiger charge is 2.22. The molecule has 138 valence electrons. The highest BCUT2D eigenvalue weighted by atomic mass is 16.5. The van der Waals surface area contributed by atoms with Crippen LogP contribution >= 0.6 is 0 Å². The molecular formula is C21H32N2O2. The van der Waals surface area contributed by atoms with E-state index in [0.29, 0.717) is 25.0 Å². The highest BCUT2D eigenvalue weighted by Crippen LogP contribution is 2.27. The molecule has 2 aliphatic rings. The molecule has 2 fully saturated rings. The number of carbonyl (C=O) groups is 1. The third-order valence-corrected chi connectivity index (χ3v) is 5.56. The van der Waals surface area contributed by atoms with Gasteiger partial charge in [-0.2, -0.15) is 0 Å². The van der Waals surface area contributed by atoms with Crippen LogP contribution in [0.1, 0.15) is 57.4 Å². The van der Waals surface area contributed by atoms with E-state index in [1.54, 1.807) is 0 Å². The van der Waals surface area contributed by atoms with E-state index in [1.807, 2.05) is 12.1 Å². The van der Waals surface area contributed by atoms with Crippen molar-refractivity contribution in [3.05, 3.63) is 29.8 Å². The van der Waals surface area contributed by atoms with Gasteiger partial charge in [0.1, 0.15) is 5.75 Å². The molecule has 1 amide bonds. The number of hydrogen-bond acceptors (Lipinski definition) is 3. The Morgan fingerprint density at radius 1 is 1.20 bits per heavy atom. The Balaban J connectivity index is 1.45. The van der Waals surface area contributed by atoms with Crippen LogP contribution in [0.5, 0.6) is 5.75 Å². The van der Waals surface area contributed by atoms with Gasteiger partial charge in [0.2, 0.25) is 5.91 Å². The number of rotatable bonds is 8. The Morgan fingerprint density at radius 3 is 2.76 bits per heavy atom. The van der Waals surface area contributed by atoms with Crippen LogP contribution in [0.4, 0.5) is 0 Å². The minimum atomic E-state index is 0.139. The maximum atomic E-state index is 11.3. The fourth-order valence-corrected chi connectivity index (χ4v) is 4.07. The number of carbonyl (C=O) groups excluding carboxylic acids is 1. The minimum Gasteiger partial charge on any atom is -0.493 e. The number of nitrogens with one attached hydrogen (secondary N) is 2. The lowest BCUT2D eigenvalue weighted by molar-refractivity contribution is -0.119. The van der Waals surface area contributed by atoms with Gasteiger partial charge in [-0.3, -0.25) is 4.79 Å². The molecule has 0 spiro atoms. The molecule has 4 heteroatoms. The third kappa shape index (κ3) is 5.74. The van der Waals surface area contributed by atoms with Crippen LogP contribution in [0.3, 0.4) is 0 Å². The molecule has 0 radical (unpaired) electrons. The Hall–Kier alpha value is -1.55. The first kappa shape index (κ1) is 18.2. The molecule has 1 aromatic rings. The minimum absolute atomic E-state index is 0.139. The quantitative estimate of drug-likeness (QED) is 0.757. The molecule has 1 heterocycles. The van der Waals surface area contributed by atoms with E-state index in [9.17, 15) is 4.79 Å². The monoisotopic (exact) mass is 344 g/mol. The summed E-state index contributed by atoms with van der Waals surface area (Å²) in [5.74, 6) is 2.27. The maximum Gasteiger partial charge on any atom is 0.220 e. The average Bonchev–Trinajstić information content (AvgIpc) is 3.05. The van der Waals surface area contributed by atoms with Gasteiger partial charge in [0.15, 0.2) is 0 Å². The average molecular weight is 344 g/mol. The summed E-state index contributed by atoms with van der Waals surface area (Å²) in [6, 6.07) is 8.78. The lowest BCUT2D eigenvalue weighted by Crippen LogP contribution is -2.28. The fourth-order valence-electron chi connectivity index (χ4n) is 4.07. The molecule has 1 aromatic carbocycles. The third-order valence-electron chi connectivity index (χ3n) is 5.56. The first-order valence-electron chi connectivity index (χ1n) is 9.91. The zero-order valence-corrected chi connectivity index (χ0v) is 15.4. The van der Waals surface area contributed by atoms with E-state index in [4.69, 9.17) is 4.74 Å². The maximum absolute atomic E-state index is 11.3. The number of para-hydroxylation sites is 1. The smallest absolute Gasteiger partial charge is 0.220 e. The summed E-state index contributed by atoms with van der Waals surface area (Å²) in [6.45, 7) is 4.48. The Morgan fingerprint density at radius 2 is 2.00 bits per heavy atom. The molecule has 3 rings (SSSR count). The van der Waals surface area contributed by atoms with Gasteiger partial charge in [-0.05, 0) is 25.3 Å². The van der Waals surface area contributed by atoms with Gasteiger partial charge >= 0.3 is 0 Å². The molecule has 0 aromatic heterocycles. The van der Waals surface area contributed by atoms with Gasteiger partial charge in [-0.15, -0.1) is 0 Å². The molecule has 1 saturated heterocycles. The number of hydrogen-bond donors (Lipinski definition) is 2. The van der Waals surface area contributed by atoms with E-state index in [2.05, 4.69) is 29.7 Å². The van der Waals surface area contributed by atoms with Crippen molar-refractivity contribution < 1.29 is 9.53 Å². The standard InChI is InChI=1S/C21H32N2O2/c1-16(11-17-7-3-2-4-8-17)22-14-19-9-5-6-10-20(19)25-15-18-12-21(24)23-13-18/h5-6,9-10,16-18,22H,2-4,7-8,11-15H2,1H3,(H,23,24). The van der Waals surface area contributed by atoms with Crippen LogP contribution in [0, 0.1) is 11.8 Å². The SMILES string of the molecule is CC(CC1CCCCC1)NCc1ccccc1OCC1CNC(=O)C1. The van der Waals surface area contributed by atoms with Crippen molar-refractivity contribution in [3.8, 4) is 5.75 Å². The van der Waals surface area contributed by atoms with E-state index < -0.39 is 0 Å². The van der Waals surface area contributed by atoms with Gasteiger partial charge < -0.3 is 15.4 Å². The molecule has 1 aliphatic heterocycles. The van der Waals surface area contributed by atoms with E-state index in [1.165, 1.54) is 44.1 Å². The summed E-state index contributed by atoms with van der Waals surface area (Å²) in [4.78, 5) is 11.3. The topological polar surface area (TPSA) is 50.4 Å². The Labute approximate surface area is 151 Å². The van der Waals surface area contributed by atoms with E-state index in [-0.39, 0.29) is 5.91 Å². The van der Waals surface area contributed by atoms with Gasteiger partial charge in [0, 0.05) is 37.0 Å². The molecule has 2 atom stereocenters. The van der Waals surface area contributed by atoms with Crippen LogP contribution in [-0.4, -0.2) is 25.1 Å². The van der Waals surface area contributed by atoms with Crippen LogP contribution in [0.15, 0.2) is 24.3 Å². The van der Waals surface area contributed by atoms with Crippen molar-refractivity contribution in [1.82, 2.24) is 10.6 Å². The number of amides is 1. The van der Waals surface area contributed by atoms with Gasteiger partial charge in [-0.25, -0.2) is 0 Å². The van der Waals surface area contributed by atoms with Crippen molar-refractivity contribution in [3.63, 3.8) is 0 Å². The summed E-state index contributed by atoms with van der Waals surface area (Å²) in [5, 5.41) is 6.54. The van der Waals surface area contributed by atoms with Crippen molar-refractivity contribution in [2.45, 2.75) is 64.5 Å². The summed E-state index contributed by atoms with van der Waals surface area (Å²) in [5.41, 5.74) is 1.20. The van der Waals surface area contributed by atoms with Crippen molar-refractivity contribution in [2.75, 3.05) is 13.2 Å². The molecule has 2 unspecified atom stereocenters. The van der Waals surface area contributed by atoms with Crippen LogP contribution in [-0.2, 0) is 11.3 Å². The predicted molar refractivity (Wildman–Crippen MR) is 101 cm³/mol. The second-order valence-corrected chi connectivity index (χ2v) is 7.81. The first-order valence-corrected chi connectivity index (χ1v) is 9.91. The summed E-state index contributed by atoms with van der Waals surface area (Å²) in [7, 11) is 0. The molecule has 4 nitrogen and oxygen atoms in total. The predicted octanol–water partition coefficient (Wildman–Crippen LogP) is 3.65. The molecule has 0 bridgehead atoms. The lowest BCUT2D eigenvalue weighted by Gasteiger charge is -2.25. The van der Waals surface area contributed by atoms with Gasteiger partial charge in [0.25, 0.3) is 0 Å². The Bertz CT molecular complexity index is 555. The van der Waals surface area contributed by atoms with E-state index >= 15 is 0 Å². The van der Waals surface area contributed by atoms with Crippen molar-refractivity contribution in [1.29, 1.82) is 0 Å². The highest BCUT2D eigenvalue weighted by molar-refractivity contribution is 5.78. The van der Waals surface area contributed by atoms with Crippen LogP contribution < -0.4 is 15.4 Å². The van der Waals surface area contributed by atoms with Crippen molar-refractivity contribution >= 4 is 5.91 Å². The number of ether oxygens (including phenoxy) is 1. The largest absolute Gasteiger partial charge is 0.493 e. The van der Waals surface area contributed by atoms with Gasteiger partial charge in [0.05, 0.1) is 6.61 Å². The summed E-state index contributed by atoms with van der Waals surface area (Å²) < 4.78 is 6.02. The van der Waals surface area contributed by atoms with Crippen LogP contribution in [0.2, 0.25) is 0 Å². The zero-order chi connectivity index (χ0) is 17.5. The van der Waals surface area contributed by atoms with Gasteiger partial charge in [-0.1, -0.05) is 50.3 Å².